The van der Waals surface area contributed by atoms with E-state index >= 15 is 0 Å². The fourth-order valence-corrected chi connectivity index (χ4v) is 5.61. The summed E-state index contributed by atoms with van der Waals surface area (Å²) in [7, 11) is 1.87. The predicted octanol–water partition coefficient (Wildman–Crippen LogP) is 4.21. The van der Waals surface area contributed by atoms with Gasteiger partial charge in [0.1, 0.15) is 4.34 Å². The molecule has 154 valence electrons. The molecule has 2 fully saturated rings. The zero-order valence-electron chi connectivity index (χ0n) is 16.4. The molecular formula is C19H34IN5S2. The Bertz CT molecular complexity index is 526. The van der Waals surface area contributed by atoms with E-state index in [0.29, 0.717) is 6.04 Å². The average molecular weight is 524 g/mol. The number of nitrogens with one attached hydrogen (secondary N) is 2. The van der Waals surface area contributed by atoms with Gasteiger partial charge in [-0.1, -0.05) is 31.0 Å². The molecule has 0 spiro atoms. The third kappa shape index (κ3) is 8.06. The molecule has 0 bridgehead atoms. The first-order valence-electron chi connectivity index (χ1n) is 10.1. The fourth-order valence-electron chi connectivity index (χ4n) is 3.96. The van der Waals surface area contributed by atoms with E-state index in [2.05, 4.69) is 25.5 Å². The van der Waals surface area contributed by atoms with E-state index in [1.165, 1.54) is 58.0 Å². The molecule has 0 amide bonds. The van der Waals surface area contributed by atoms with Crippen molar-refractivity contribution in [3.05, 3.63) is 11.6 Å². The molecular weight excluding hydrogens is 489 g/mol. The standard InChI is InChI=1S/C19H33N5S2.HI/c1-20-18(21-10-5-14-25-19-22-11-15-26-19)23-16-8-12-24(13-9-16)17-6-3-2-4-7-17;/h11,15-17H,2-10,12-14H2,1H3,(H2,20,21,23);1H. The van der Waals surface area contributed by atoms with E-state index in [4.69, 9.17) is 0 Å². The van der Waals surface area contributed by atoms with Crippen molar-refractivity contribution >= 4 is 53.0 Å². The number of guanidine groups is 1. The van der Waals surface area contributed by atoms with Crippen molar-refractivity contribution in [3.8, 4) is 0 Å². The quantitative estimate of drug-likeness (QED) is 0.185. The van der Waals surface area contributed by atoms with Crippen LogP contribution in [0.1, 0.15) is 51.4 Å². The van der Waals surface area contributed by atoms with Crippen LogP contribution in [0.3, 0.4) is 0 Å². The smallest absolute Gasteiger partial charge is 0.191 e. The number of rotatable bonds is 7. The van der Waals surface area contributed by atoms with E-state index < -0.39 is 0 Å². The van der Waals surface area contributed by atoms with E-state index in [9.17, 15) is 0 Å². The molecule has 3 rings (SSSR count). The second kappa shape index (κ2) is 13.2. The van der Waals surface area contributed by atoms with Gasteiger partial charge in [-0.15, -0.1) is 35.3 Å². The second-order valence-electron chi connectivity index (χ2n) is 7.25. The molecule has 1 saturated carbocycles. The molecule has 0 radical (unpaired) electrons. The summed E-state index contributed by atoms with van der Waals surface area (Å²) in [5.41, 5.74) is 0. The van der Waals surface area contributed by atoms with E-state index in [1.807, 2.05) is 30.4 Å². The summed E-state index contributed by atoms with van der Waals surface area (Å²) in [5.74, 6) is 2.05. The van der Waals surface area contributed by atoms with Crippen molar-refractivity contribution in [2.24, 2.45) is 4.99 Å². The third-order valence-electron chi connectivity index (χ3n) is 5.43. The number of aliphatic imine (C=N–C) groups is 1. The largest absolute Gasteiger partial charge is 0.356 e. The lowest BCUT2D eigenvalue weighted by atomic mass is 9.92. The number of hydrogen-bond donors (Lipinski definition) is 2. The minimum Gasteiger partial charge on any atom is -0.356 e. The second-order valence-corrected chi connectivity index (χ2v) is 9.48. The van der Waals surface area contributed by atoms with Crippen LogP contribution in [0, 0.1) is 0 Å². The van der Waals surface area contributed by atoms with Gasteiger partial charge < -0.3 is 15.5 Å². The molecule has 2 aliphatic rings. The van der Waals surface area contributed by atoms with E-state index in [1.54, 1.807) is 11.3 Å². The summed E-state index contributed by atoms with van der Waals surface area (Å²) < 4.78 is 1.16. The van der Waals surface area contributed by atoms with Gasteiger partial charge in [0.25, 0.3) is 0 Å². The van der Waals surface area contributed by atoms with E-state index in [0.717, 1.165) is 35.1 Å². The van der Waals surface area contributed by atoms with Crippen LogP contribution < -0.4 is 10.6 Å². The van der Waals surface area contributed by atoms with Crippen LogP contribution in [0.2, 0.25) is 0 Å². The summed E-state index contributed by atoms with van der Waals surface area (Å²) in [6.07, 6.45) is 12.6. The maximum atomic E-state index is 4.40. The van der Waals surface area contributed by atoms with Crippen LogP contribution in [0.4, 0.5) is 0 Å². The Balaban J connectivity index is 0.00000261. The number of thioether (sulfide) groups is 1. The van der Waals surface area contributed by atoms with Gasteiger partial charge in [0, 0.05) is 56.1 Å². The first-order chi connectivity index (χ1) is 12.8. The number of piperidine rings is 1. The van der Waals surface area contributed by atoms with Crippen LogP contribution in [-0.2, 0) is 0 Å². The maximum Gasteiger partial charge on any atom is 0.191 e. The number of nitrogens with zero attached hydrogens (tertiary/aromatic N) is 3. The van der Waals surface area contributed by atoms with Gasteiger partial charge in [0.15, 0.2) is 5.96 Å². The molecule has 1 aliphatic carbocycles. The SMILES string of the molecule is CN=C(NCCCSc1nccs1)NC1CCN(C2CCCCC2)CC1.I. The number of aromatic nitrogens is 1. The van der Waals surface area contributed by atoms with E-state index in [-0.39, 0.29) is 24.0 Å². The number of likely N-dealkylation sites (tertiary alicyclic amines) is 1. The minimum absolute atomic E-state index is 0. The molecule has 5 nitrogen and oxygen atoms in total. The van der Waals surface area contributed by atoms with Crippen molar-refractivity contribution in [2.75, 3.05) is 32.4 Å². The predicted molar refractivity (Wildman–Crippen MR) is 129 cm³/mol. The fraction of sp³-hybridized carbons (Fsp3) is 0.789. The molecule has 0 aromatic carbocycles. The molecule has 0 unspecified atom stereocenters. The van der Waals surface area contributed by atoms with Gasteiger partial charge in [0.2, 0.25) is 0 Å². The topological polar surface area (TPSA) is 52.6 Å². The summed E-state index contributed by atoms with van der Waals surface area (Å²) in [4.78, 5) is 11.4. The van der Waals surface area contributed by atoms with Gasteiger partial charge in [-0.3, -0.25) is 4.99 Å². The van der Waals surface area contributed by atoms with Crippen molar-refractivity contribution in [1.82, 2.24) is 20.5 Å². The Labute approximate surface area is 189 Å². The highest BCUT2D eigenvalue weighted by Crippen LogP contribution is 2.25. The lowest BCUT2D eigenvalue weighted by molar-refractivity contribution is 0.119. The van der Waals surface area contributed by atoms with Crippen molar-refractivity contribution in [2.45, 2.75) is 67.8 Å². The van der Waals surface area contributed by atoms with Gasteiger partial charge in [0.05, 0.1) is 0 Å². The van der Waals surface area contributed by atoms with Crippen LogP contribution in [0.25, 0.3) is 0 Å². The Kier molecular flexibility index (Phi) is 11.4. The highest BCUT2D eigenvalue weighted by molar-refractivity contribution is 14.0. The van der Waals surface area contributed by atoms with Gasteiger partial charge >= 0.3 is 0 Å². The monoisotopic (exact) mass is 523 g/mol. The van der Waals surface area contributed by atoms with Gasteiger partial charge in [-0.05, 0) is 32.1 Å². The van der Waals surface area contributed by atoms with Gasteiger partial charge in [-0.25, -0.2) is 4.98 Å². The molecule has 27 heavy (non-hydrogen) atoms. The van der Waals surface area contributed by atoms with Gasteiger partial charge in [-0.2, -0.15) is 0 Å². The zero-order valence-corrected chi connectivity index (χ0v) is 20.3. The molecule has 1 saturated heterocycles. The number of halogens is 1. The highest BCUT2D eigenvalue weighted by atomic mass is 127. The summed E-state index contributed by atoms with van der Waals surface area (Å²) in [6, 6.07) is 1.42. The summed E-state index contributed by atoms with van der Waals surface area (Å²) >= 11 is 3.55. The lowest BCUT2D eigenvalue weighted by Gasteiger charge is -2.39. The molecule has 1 aromatic heterocycles. The van der Waals surface area contributed by atoms with Crippen molar-refractivity contribution in [1.29, 1.82) is 0 Å². The summed E-state index contributed by atoms with van der Waals surface area (Å²) in [6.45, 7) is 3.44. The average Bonchev–Trinajstić information content (AvgIpc) is 3.21. The Morgan fingerprint density at radius 3 is 2.70 bits per heavy atom. The number of thiazole rings is 1. The van der Waals surface area contributed by atoms with Crippen LogP contribution >= 0.6 is 47.1 Å². The third-order valence-corrected chi connectivity index (χ3v) is 7.49. The molecule has 2 heterocycles. The molecule has 8 heteroatoms. The van der Waals surface area contributed by atoms with Crippen molar-refractivity contribution in [3.63, 3.8) is 0 Å². The normalized spacial score (nSPS) is 20.3. The summed E-state index contributed by atoms with van der Waals surface area (Å²) in [5, 5.41) is 9.13. The molecule has 0 atom stereocenters. The molecule has 1 aromatic rings. The Hall–Kier alpha value is -0.0600. The highest BCUT2D eigenvalue weighted by Gasteiger charge is 2.26. The lowest BCUT2D eigenvalue weighted by Crippen LogP contribution is -2.51. The van der Waals surface area contributed by atoms with Crippen LogP contribution in [0.15, 0.2) is 20.9 Å². The zero-order chi connectivity index (χ0) is 18.0. The first-order valence-corrected chi connectivity index (χ1v) is 11.9. The van der Waals surface area contributed by atoms with Crippen molar-refractivity contribution < 1.29 is 0 Å². The van der Waals surface area contributed by atoms with Crippen LogP contribution in [-0.4, -0.2) is 60.4 Å². The Morgan fingerprint density at radius 2 is 2.04 bits per heavy atom. The number of hydrogen-bond acceptors (Lipinski definition) is 5. The first kappa shape index (κ1) is 23.2. The maximum absolute atomic E-state index is 4.40. The Morgan fingerprint density at radius 1 is 1.26 bits per heavy atom. The molecule has 1 aliphatic heterocycles. The molecule has 2 N–H and O–H groups in total. The minimum atomic E-state index is 0. The van der Waals surface area contributed by atoms with Crippen LogP contribution in [0.5, 0.6) is 0 Å².